The fourth-order valence-corrected chi connectivity index (χ4v) is 3.20. The number of nitrogens with two attached hydrogens (primary N) is 1. The minimum atomic E-state index is -1.06. The van der Waals surface area contributed by atoms with E-state index in [2.05, 4.69) is 22.2 Å². The van der Waals surface area contributed by atoms with Crippen LogP contribution in [0.3, 0.4) is 0 Å². The van der Waals surface area contributed by atoms with E-state index in [4.69, 9.17) is 15.6 Å². The topological polar surface area (TPSA) is 147 Å². The molecule has 9 heteroatoms. The number of amides is 2. The van der Waals surface area contributed by atoms with Crippen LogP contribution in [0.15, 0.2) is 48.5 Å². The van der Waals surface area contributed by atoms with Gasteiger partial charge in [-0.15, -0.1) is 0 Å². The van der Waals surface area contributed by atoms with Crippen LogP contribution in [0, 0.1) is 0 Å². The molecule has 0 spiro atoms. The maximum atomic E-state index is 12.7. The van der Waals surface area contributed by atoms with Gasteiger partial charge in [0.2, 0.25) is 0 Å². The van der Waals surface area contributed by atoms with Crippen LogP contribution in [0.25, 0.3) is 0 Å². The largest absolute Gasteiger partial charge is 0.482 e. The normalized spacial score (nSPS) is 10.6. The Bertz CT molecular complexity index is 1120. The molecule has 1 heterocycles. The number of carboxylic acid groups (broad SMARTS) is 1. The maximum absolute atomic E-state index is 12.7. The van der Waals surface area contributed by atoms with Crippen LogP contribution in [0.4, 0.5) is 5.82 Å². The molecule has 3 rings (SSSR count). The van der Waals surface area contributed by atoms with Crippen LogP contribution in [0.1, 0.15) is 57.6 Å². The molecule has 1 aromatic heterocycles. The number of aromatic nitrogens is 2. The second kappa shape index (κ2) is 10.9. The third-order valence-corrected chi connectivity index (χ3v) is 4.92. The quantitative estimate of drug-likeness (QED) is 0.353. The molecular weight excluding hydrogens is 424 g/mol. The molecule has 0 radical (unpaired) electrons. The molecule has 9 nitrogen and oxygen atoms in total. The Kier molecular flexibility index (Phi) is 7.80. The summed E-state index contributed by atoms with van der Waals surface area (Å²) in [4.78, 5) is 42.3. The number of rotatable bonds is 11. The molecule has 0 saturated heterocycles. The Morgan fingerprint density at radius 3 is 2.33 bits per heavy atom. The maximum Gasteiger partial charge on any atom is 0.341 e. The van der Waals surface area contributed by atoms with Crippen molar-refractivity contribution in [2.24, 2.45) is 5.73 Å². The summed E-state index contributed by atoms with van der Waals surface area (Å²) in [5.74, 6) is -1.26. The van der Waals surface area contributed by atoms with Gasteiger partial charge in [-0.25, -0.2) is 9.78 Å². The highest BCUT2D eigenvalue weighted by Gasteiger charge is 2.18. The zero-order valence-electron chi connectivity index (χ0n) is 18.3. The van der Waals surface area contributed by atoms with Gasteiger partial charge in [0.05, 0.1) is 0 Å². The number of primary amides is 1. The lowest BCUT2D eigenvalue weighted by Crippen LogP contribution is -2.18. The van der Waals surface area contributed by atoms with Crippen molar-refractivity contribution in [1.82, 2.24) is 9.97 Å². The van der Waals surface area contributed by atoms with Crippen LogP contribution in [0.2, 0.25) is 0 Å². The summed E-state index contributed by atoms with van der Waals surface area (Å²) in [5, 5.41) is 11.3. The van der Waals surface area contributed by atoms with E-state index in [1.54, 1.807) is 36.4 Å². The molecule has 0 aliphatic rings. The van der Waals surface area contributed by atoms with Gasteiger partial charge in [-0.1, -0.05) is 37.6 Å². The number of H-pyrrole nitrogens is 1. The van der Waals surface area contributed by atoms with E-state index in [1.807, 2.05) is 12.1 Å². The SMILES string of the molecule is CCCCc1ccc(C(=O)Nc2nc(Cc3ccc(OCC(=O)O)cc3)[nH]c2C(N)=O)cc1. The summed E-state index contributed by atoms with van der Waals surface area (Å²) in [7, 11) is 0. The molecule has 0 fully saturated rings. The molecule has 2 aromatic carbocycles. The fourth-order valence-electron chi connectivity index (χ4n) is 3.20. The zero-order valence-corrected chi connectivity index (χ0v) is 18.3. The molecule has 0 unspecified atom stereocenters. The van der Waals surface area contributed by atoms with Gasteiger partial charge >= 0.3 is 5.97 Å². The Morgan fingerprint density at radius 2 is 1.73 bits per heavy atom. The number of carboxylic acids is 1. The number of carbonyl (C=O) groups excluding carboxylic acids is 2. The molecule has 3 aromatic rings. The first-order chi connectivity index (χ1) is 15.9. The lowest BCUT2D eigenvalue weighted by Gasteiger charge is -2.05. The lowest BCUT2D eigenvalue weighted by molar-refractivity contribution is -0.139. The Labute approximate surface area is 191 Å². The van der Waals surface area contributed by atoms with E-state index in [0.29, 0.717) is 23.6 Å². The second-order valence-corrected chi connectivity index (χ2v) is 7.53. The van der Waals surface area contributed by atoms with Gasteiger partial charge in [0.15, 0.2) is 12.4 Å². The molecule has 0 saturated carbocycles. The molecule has 5 N–H and O–H groups in total. The number of aryl methyl sites for hydroxylation is 1. The van der Waals surface area contributed by atoms with Gasteiger partial charge in [-0.2, -0.15) is 0 Å². The fraction of sp³-hybridized carbons (Fsp3) is 0.250. The molecule has 0 atom stereocenters. The number of benzene rings is 2. The van der Waals surface area contributed by atoms with Crippen molar-refractivity contribution >= 4 is 23.6 Å². The minimum Gasteiger partial charge on any atom is -0.482 e. The van der Waals surface area contributed by atoms with E-state index in [0.717, 1.165) is 30.4 Å². The molecule has 33 heavy (non-hydrogen) atoms. The van der Waals surface area contributed by atoms with Gasteiger partial charge in [-0.05, 0) is 48.2 Å². The zero-order chi connectivity index (χ0) is 23.8. The number of imidazole rings is 1. The number of aromatic amines is 1. The van der Waals surface area contributed by atoms with Crippen LogP contribution in [-0.4, -0.2) is 39.5 Å². The number of carbonyl (C=O) groups is 3. The highest BCUT2D eigenvalue weighted by Crippen LogP contribution is 2.18. The summed E-state index contributed by atoms with van der Waals surface area (Å²) in [6, 6.07) is 14.1. The van der Waals surface area contributed by atoms with Crippen LogP contribution >= 0.6 is 0 Å². The van der Waals surface area contributed by atoms with E-state index in [-0.39, 0.29) is 11.5 Å². The van der Waals surface area contributed by atoms with E-state index < -0.39 is 24.4 Å². The van der Waals surface area contributed by atoms with Crippen molar-refractivity contribution < 1.29 is 24.2 Å². The smallest absolute Gasteiger partial charge is 0.341 e. The highest BCUT2D eigenvalue weighted by atomic mass is 16.5. The third kappa shape index (κ3) is 6.67. The number of aliphatic carboxylic acids is 1. The van der Waals surface area contributed by atoms with Crippen molar-refractivity contribution in [1.29, 1.82) is 0 Å². The summed E-state index contributed by atoms with van der Waals surface area (Å²) in [6.45, 7) is 1.70. The minimum absolute atomic E-state index is 0.0133. The first-order valence-electron chi connectivity index (χ1n) is 10.6. The average molecular weight is 450 g/mol. The molecule has 0 aliphatic heterocycles. The Balaban J connectivity index is 1.69. The number of nitrogens with one attached hydrogen (secondary N) is 2. The first-order valence-corrected chi connectivity index (χ1v) is 10.6. The number of hydrogen-bond acceptors (Lipinski definition) is 5. The summed E-state index contributed by atoms with van der Waals surface area (Å²) in [5.41, 5.74) is 7.91. The second-order valence-electron chi connectivity index (χ2n) is 7.53. The van der Waals surface area contributed by atoms with Crippen molar-refractivity contribution in [3.63, 3.8) is 0 Å². The number of anilines is 1. The van der Waals surface area contributed by atoms with Gasteiger partial charge < -0.3 is 25.9 Å². The van der Waals surface area contributed by atoms with Crippen LogP contribution < -0.4 is 15.8 Å². The van der Waals surface area contributed by atoms with Crippen LogP contribution in [0.5, 0.6) is 5.75 Å². The van der Waals surface area contributed by atoms with Gasteiger partial charge in [0.25, 0.3) is 11.8 Å². The van der Waals surface area contributed by atoms with Gasteiger partial charge in [0, 0.05) is 12.0 Å². The lowest BCUT2D eigenvalue weighted by atomic mass is 10.1. The number of unbranched alkanes of at least 4 members (excludes halogenated alkanes) is 1. The highest BCUT2D eigenvalue weighted by molar-refractivity contribution is 6.07. The first kappa shape index (κ1) is 23.5. The van der Waals surface area contributed by atoms with E-state index in [1.165, 1.54) is 0 Å². The van der Waals surface area contributed by atoms with Gasteiger partial charge in [0.1, 0.15) is 17.3 Å². The Hall–Kier alpha value is -4.14. The third-order valence-electron chi connectivity index (χ3n) is 4.92. The van der Waals surface area contributed by atoms with Crippen molar-refractivity contribution in [2.75, 3.05) is 11.9 Å². The van der Waals surface area contributed by atoms with E-state index >= 15 is 0 Å². The van der Waals surface area contributed by atoms with Crippen molar-refractivity contribution in [3.8, 4) is 5.75 Å². The van der Waals surface area contributed by atoms with Gasteiger partial charge in [-0.3, -0.25) is 9.59 Å². The number of ether oxygens (including phenoxy) is 1. The molecule has 0 aliphatic carbocycles. The van der Waals surface area contributed by atoms with Crippen LogP contribution in [-0.2, 0) is 17.6 Å². The number of nitrogens with zero attached hydrogens (tertiary/aromatic N) is 1. The summed E-state index contributed by atoms with van der Waals surface area (Å²) >= 11 is 0. The van der Waals surface area contributed by atoms with E-state index in [9.17, 15) is 14.4 Å². The predicted octanol–water partition coefficient (Wildman–Crippen LogP) is 3.16. The molecule has 0 bridgehead atoms. The molecule has 2 amide bonds. The molecule has 172 valence electrons. The summed E-state index contributed by atoms with van der Waals surface area (Å²) < 4.78 is 5.11. The monoisotopic (exact) mass is 450 g/mol. The average Bonchev–Trinajstić information content (AvgIpc) is 3.19. The van der Waals surface area contributed by atoms with Crippen molar-refractivity contribution in [2.45, 2.75) is 32.6 Å². The predicted molar refractivity (Wildman–Crippen MR) is 122 cm³/mol. The standard InChI is InChI=1S/C24H26N4O5/c1-2-3-4-15-5-9-17(10-6-15)24(32)28-23-21(22(25)31)26-19(27-23)13-16-7-11-18(12-8-16)33-14-20(29)30/h5-12H,2-4,13-14H2,1H3,(H2,25,31)(H,26,27)(H,28,32)(H,29,30). The van der Waals surface area contributed by atoms with Crippen molar-refractivity contribution in [3.05, 3.63) is 76.7 Å². The Morgan fingerprint density at radius 1 is 1.06 bits per heavy atom. The summed E-state index contributed by atoms with van der Waals surface area (Å²) in [6.07, 6.45) is 3.48. The molecular formula is C24H26N4O5. The number of hydrogen-bond donors (Lipinski definition) is 4.